The zero-order chi connectivity index (χ0) is 16.7. The molecule has 6 heteroatoms. The van der Waals surface area contributed by atoms with Gasteiger partial charge in [-0.25, -0.2) is 13.1 Å². The van der Waals surface area contributed by atoms with E-state index in [1.165, 1.54) is 7.11 Å². The summed E-state index contributed by atoms with van der Waals surface area (Å²) in [6.07, 6.45) is 2.53. The van der Waals surface area contributed by atoms with Gasteiger partial charge in [-0.2, -0.15) is 0 Å². The molecule has 0 bridgehead atoms. The molecule has 2 rings (SSSR count). The molecule has 23 heavy (non-hydrogen) atoms. The average Bonchev–Trinajstić information content (AvgIpc) is 2.57. The molecule has 124 valence electrons. The molecule has 2 aromatic rings. The molecule has 0 fully saturated rings. The number of esters is 1. The average molecular weight is 335 g/mol. The highest BCUT2D eigenvalue weighted by Gasteiger charge is 2.13. The summed E-state index contributed by atoms with van der Waals surface area (Å²) in [5, 5.41) is 1.91. The molecule has 0 amide bonds. The summed E-state index contributed by atoms with van der Waals surface area (Å²) in [5.74, 6) is -0.234. The molecule has 0 radical (unpaired) electrons. The van der Waals surface area contributed by atoms with E-state index >= 15 is 0 Å². The molecule has 0 heterocycles. The SMILES string of the molecule is COC(=O)CCCCCNS(=O)(=O)c1ccc2ccccc2c1. The van der Waals surface area contributed by atoms with Crippen molar-refractivity contribution in [3.8, 4) is 0 Å². The van der Waals surface area contributed by atoms with Crippen molar-refractivity contribution in [1.29, 1.82) is 0 Å². The molecule has 0 aromatic heterocycles. The van der Waals surface area contributed by atoms with Gasteiger partial charge in [-0.1, -0.05) is 36.8 Å². The third kappa shape index (κ3) is 5.04. The number of carbonyl (C=O) groups is 1. The van der Waals surface area contributed by atoms with Gasteiger partial charge >= 0.3 is 5.97 Å². The molecule has 0 aliphatic heterocycles. The summed E-state index contributed by atoms with van der Waals surface area (Å²) in [7, 11) is -2.14. The highest BCUT2D eigenvalue weighted by Crippen LogP contribution is 2.18. The van der Waals surface area contributed by atoms with Crippen LogP contribution in [0.1, 0.15) is 25.7 Å². The van der Waals surface area contributed by atoms with Crippen LogP contribution in [0, 0.1) is 0 Å². The number of fused-ring (bicyclic) bond motifs is 1. The topological polar surface area (TPSA) is 72.5 Å². The number of rotatable bonds is 8. The lowest BCUT2D eigenvalue weighted by Gasteiger charge is -2.08. The van der Waals surface area contributed by atoms with Gasteiger partial charge in [0.15, 0.2) is 0 Å². The summed E-state index contributed by atoms with van der Waals surface area (Å²) in [6, 6.07) is 12.7. The van der Waals surface area contributed by atoms with Crippen molar-refractivity contribution in [3.05, 3.63) is 42.5 Å². The number of methoxy groups -OCH3 is 1. The van der Waals surface area contributed by atoms with Gasteiger partial charge in [0, 0.05) is 13.0 Å². The third-order valence-corrected chi connectivity index (χ3v) is 5.07. The van der Waals surface area contributed by atoms with Crippen molar-refractivity contribution in [2.45, 2.75) is 30.6 Å². The first kappa shape index (κ1) is 17.4. The van der Waals surface area contributed by atoms with Crippen molar-refractivity contribution in [3.63, 3.8) is 0 Å². The van der Waals surface area contributed by atoms with Gasteiger partial charge in [-0.3, -0.25) is 4.79 Å². The fraction of sp³-hybridized carbons (Fsp3) is 0.353. The minimum Gasteiger partial charge on any atom is -0.469 e. The predicted octanol–water partition coefficient (Wildman–Crippen LogP) is 2.85. The molecule has 0 unspecified atom stereocenters. The highest BCUT2D eigenvalue weighted by atomic mass is 32.2. The van der Waals surface area contributed by atoms with Crippen LogP contribution < -0.4 is 4.72 Å². The van der Waals surface area contributed by atoms with E-state index in [0.29, 0.717) is 25.8 Å². The van der Waals surface area contributed by atoms with E-state index in [0.717, 1.165) is 17.2 Å². The fourth-order valence-corrected chi connectivity index (χ4v) is 3.41. The first-order valence-electron chi connectivity index (χ1n) is 7.58. The van der Waals surface area contributed by atoms with Crippen LogP contribution in [0.4, 0.5) is 0 Å². The number of sulfonamides is 1. The Labute approximate surface area is 136 Å². The van der Waals surface area contributed by atoms with E-state index in [2.05, 4.69) is 9.46 Å². The van der Waals surface area contributed by atoms with E-state index in [-0.39, 0.29) is 10.9 Å². The lowest BCUT2D eigenvalue weighted by molar-refractivity contribution is -0.140. The Balaban J connectivity index is 1.87. The Morgan fingerprint density at radius 3 is 2.52 bits per heavy atom. The molecular weight excluding hydrogens is 314 g/mol. The van der Waals surface area contributed by atoms with Crippen LogP contribution in [0.5, 0.6) is 0 Å². The van der Waals surface area contributed by atoms with E-state index in [4.69, 9.17) is 0 Å². The molecule has 5 nitrogen and oxygen atoms in total. The maximum absolute atomic E-state index is 12.3. The van der Waals surface area contributed by atoms with Crippen molar-refractivity contribution in [1.82, 2.24) is 4.72 Å². The number of nitrogens with one attached hydrogen (secondary N) is 1. The molecule has 0 aliphatic carbocycles. The minimum absolute atomic E-state index is 0.234. The van der Waals surface area contributed by atoms with E-state index in [9.17, 15) is 13.2 Å². The van der Waals surface area contributed by atoms with Gasteiger partial charge < -0.3 is 4.74 Å². The monoisotopic (exact) mass is 335 g/mol. The summed E-state index contributed by atoms with van der Waals surface area (Å²) in [6.45, 7) is 0.357. The molecule has 0 saturated carbocycles. The second-order valence-electron chi connectivity index (χ2n) is 5.29. The fourth-order valence-electron chi connectivity index (χ4n) is 2.30. The Bertz CT molecular complexity index is 771. The van der Waals surface area contributed by atoms with Crippen molar-refractivity contribution in [2.24, 2.45) is 0 Å². The molecule has 0 spiro atoms. The van der Waals surface area contributed by atoms with Gasteiger partial charge in [0.05, 0.1) is 12.0 Å². The molecule has 0 saturated heterocycles. The normalized spacial score (nSPS) is 11.5. The largest absolute Gasteiger partial charge is 0.469 e. The van der Waals surface area contributed by atoms with Crippen LogP contribution in [-0.4, -0.2) is 28.0 Å². The van der Waals surface area contributed by atoms with Crippen LogP contribution >= 0.6 is 0 Å². The van der Waals surface area contributed by atoms with Gasteiger partial charge in [0.2, 0.25) is 10.0 Å². The van der Waals surface area contributed by atoms with Crippen LogP contribution in [0.2, 0.25) is 0 Å². The number of carbonyl (C=O) groups excluding carboxylic acids is 1. The highest BCUT2D eigenvalue weighted by molar-refractivity contribution is 7.89. The summed E-state index contributed by atoms with van der Waals surface area (Å²) >= 11 is 0. The standard InChI is InChI=1S/C17H21NO4S/c1-22-17(19)9-3-2-6-12-18-23(20,21)16-11-10-14-7-4-5-8-15(14)13-16/h4-5,7-8,10-11,13,18H,2-3,6,9,12H2,1H3. The number of hydrogen-bond donors (Lipinski definition) is 1. The smallest absolute Gasteiger partial charge is 0.305 e. The number of ether oxygens (including phenoxy) is 1. The molecule has 2 aromatic carbocycles. The lowest BCUT2D eigenvalue weighted by atomic mass is 10.1. The summed E-state index contributed by atoms with van der Waals surface area (Å²) in [5.41, 5.74) is 0. The van der Waals surface area contributed by atoms with Crippen molar-refractivity contribution >= 4 is 26.8 Å². The second kappa shape index (κ2) is 8.08. The van der Waals surface area contributed by atoms with Gasteiger partial charge in [-0.15, -0.1) is 0 Å². The minimum atomic E-state index is -3.50. The summed E-state index contributed by atoms with van der Waals surface area (Å²) < 4.78 is 31.7. The Morgan fingerprint density at radius 2 is 1.78 bits per heavy atom. The number of unbranched alkanes of at least 4 members (excludes halogenated alkanes) is 2. The van der Waals surface area contributed by atoms with E-state index < -0.39 is 10.0 Å². The zero-order valence-electron chi connectivity index (χ0n) is 13.1. The van der Waals surface area contributed by atoms with Crippen LogP contribution in [0.25, 0.3) is 10.8 Å². The first-order valence-corrected chi connectivity index (χ1v) is 9.06. The third-order valence-electron chi connectivity index (χ3n) is 3.61. The van der Waals surface area contributed by atoms with E-state index in [1.807, 2.05) is 24.3 Å². The Morgan fingerprint density at radius 1 is 1.04 bits per heavy atom. The van der Waals surface area contributed by atoms with Crippen molar-refractivity contribution < 1.29 is 17.9 Å². The Kier molecular flexibility index (Phi) is 6.12. The van der Waals surface area contributed by atoms with Gasteiger partial charge in [-0.05, 0) is 35.7 Å². The predicted molar refractivity (Wildman–Crippen MR) is 89.6 cm³/mol. The van der Waals surface area contributed by atoms with Gasteiger partial charge in [0.1, 0.15) is 0 Å². The second-order valence-corrected chi connectivity index (χ2v) is 7.06. The maximum atomic E-state index is 12.3. The van der Waals surface area contributed by atoms with Crippen LogP contribution in [0.3, 0.4) is 0 Å². The number of benzene rings is 2. The maximum Gasteiger partial charge on any atom is 0.305 e. The Hall–Kier alpha value is -1.92. The molecule has 1 N–H and O–H groups in total. The van der Waals surface area contributed by atoms with Crippen LogP contribution in [0.15, 0.2) is 47.4 Å². The zero-order valence-corrected chi connectivity index (χ0v) is 13.9. The quantitative estimate of drug-likeness (QED) is 0.595. The van der Waals surface area contributed by atoms with Crippen LogP contribution in [-0.2, 0) is 19.6 Å². The van der Waals surface area contributed by atoms with Gasteiger partial charge in [0.25, 0.3) is 0 Å². The molecule has 0 atom stereocenters. The molecular formula is C17H21NO4S. The summed E-state index contributed by atoms with van der Waals surface area (Å²) in [4.78, 5) is 11.2. The molecule has 0 aliphatic rings. The van der Waals surface area contributed by atoms with Crippen molar-refractivity contribution in [2.75, 3.05) is 13.7 Å². The van der Waals surface area contributed by atoms with E-state index in [1.54, 1.807) is 18.2 Å². The number of hydrogen-bond acceptors (Lipinski definition) is 4. The lowest BCUT2D eigenvalue weighted by Crippen LogP contribution is -2.24. The first-order chi connectivity index (χ1) is 11.0.